The van der Waals surface area contributed by atoms with Gasteiger partial charge in [-0.1, -0.05) is 6.07 Å². The standard InChI is InChI=1S/C15H23N3O2/c1-11(7-9-18(2)3)17-15(19)12-5-4-6-13-14(12)20-10-8-16-13/h4-6,11,16H,7-10H2,1-3H3,(H,17,19). The summed E-state index contributed by atoms with van der Waals surface area (Å²) in [6.45, 7) is 4.34. The molecule has 1 atom stereocenters. The number of carbonyl (C=O) groups excluding carboxylic acids is 1. The van der Waals surface area contributed by atoms with Gasteiger partial charge in [-0.05, 0) is 46.1 Å². The van der Waals surface area contributed by atoms with Crippen molar-refractivity contribution in [2.24, 2.45) is 0 Å². The highest BCUT2D eigenvalue weighted by atomic mass is 16.5. The van der Waals surface area contributed by atoms with E-state index in [2.05, 4.69) is 15.5 Å². The fourth-order valence-electron chi connectivity index (χ4n) is 2.17. The van der Waals surface area contributed by atoms with E-state index in [9.17, 15) is 4.79 Å². The average Bonchev–Trinajstić information content (AvgIpc) is 2.44. The number of amides is 1. The Morgan fingerprint density at radius 3 is 3.05 bits per heavy atom. The molecule has 0 saturated heterocycles. The molecule has 0 bridgehead atoms. The van der Waals surface area contributed by atoms with Crippen LogP contribution in [-0.2, 0) is 0 Å². The smallest absolute Gasteiger partial charge is 0.255 e. The number of para-hydroxylation sites is 1. The minimum Gasteiger partial charge on any atom is -0.489 e. The van der Waals surface area contributed by atoms with E-state index in [4.69, 9.17) is 4.74 Å². The van der Waals surface area contributed by atoms with Crippen molar-refractivity contribution in [2.75, 3.05) is 39.1 Å². The number of hydrogen-bond acceptors (Lipinski definition) is 4. The molecule has 110 valence electrons. The van der Waals surface area contributed by atoms with Gasteiger partial charge < -0.3 is 20.3 Å². The summed E-state index contributed by atoms with van der Waals surface area (Å²) in [7, 11) is 4.06. The van der Waals surface area contributed by atoms with Crippen molar-refractivity contribution in [1.82, 2.24) is 10.2 Å². The molecule has 2 N–H and O–H groups in total. The highest BCUT2D eigenvalue weighted by molar-refractivity contribution is 5.99. The summed E-state index contributed by atoms with van der Waals surface area (Å²) in [6, 6.07) is 5.75. The number of benzene rings is 1. The van der Waals surface area contributed by atoms with E-state index in [0.717, 1.165) is 25.2 Å². The normalized spacial score (nSPS) is 15.0. The van der Waals surface area contributed by atoms with Crippen molar-refractivity contribution < 1.29 is 9.53 Å². The van der Waals surface area contributed by atoms with Gasteiger partial charge in [-0.15, -0.1) is 0 Å². The van der Waals surface area contributed by atoms with Gasteiger partial charge in [-0.3, -0.25) is 4.79 Å². The van der Waals surface area contributed by atoms with Gasteiger partial charge in [0.05, 0.1) is 11.3 Å². The molecule has 5 nitrogen and oxygen atoms in total. The maximum absolute atomic E-state index is 12.3. The van der Waals surface area contributed by atoms with Crippen molar-refractivity contribution in [1.29, 1.82) is 0 Å². The van der Waals surface area contributed by atoms with Crippen molar-refractivity contribution in [3.63, 3.8) is 0 Å². The Bertz CT molecular complexity index is 474. The number of nitrogens with one attached hydrogen (secondary N) is 2. The van der Waals surface area contributed by atoms with Gasteiger partial charge in [-0.2, -0.15) is 0 Å². The van der Waals surface area contributed by atoms with Gasteiger partial charge in [0, 0.05) is 12.6 Å². The third kappa shape index (κ3) is 3.63. The summed E-state index contributed by atoms with van der Waals surface area (Å²) in [5.41, 5.74) is 1.50. The van der Waals surface area contributed by atoms with Crippen LogP contribution in [0.5, 0.6) is 5.75 Å². The van der Waals surface area contributed by atoms with E-state index >= 15 is 0 Å². The van der Waals surface area contributed by atoms with E-state index in [-0.39, 0.29) is 11.9 Å². The van der Waals surface area contributed by atoms with Crippen LogP contribution in [0.15, 0.2) is 18.2 Å². The van der Waals surface area contributed by atoms with E-state index in [1.807, 2.05) is 33.2 Å². The van der Waals surface area contributed by atoms with Crippen LogP contribution in [0.1, 0.15) is 23.7 Å². The number of ether oxygens (including phenoxy) is 1. The fraction of sp³-hybridized carbons (Fsp3) is 0.533. The minimum absolute atomic E-state index is 0.0724. The first-order valence-corrected chi connectivity index (χ1v) is 7.03. The Labute approximate surface area is 120 Å². The molecule has 0 aliphatic carbocycles. The highest BCUT2D eigenvalue weighted by Gasteiger charge is 2.19. The van der Waals surface area contributed by atoms with Gasteiger partial charge in [0.25, 0.3) is 5.91 Å². The first-order chi connectivity index (χ1) is 9.58. The van der Waals surface area contributed by atoms with Crippen LogP contribution in [0.25, 0.3) is 0 Å². The lowest BCUT2D eigenvalue weighted by Gasteiger charge is -2.22. The molecule has 20 heavy (non-hydrogen) atoms. The molecular formula is C15H23N3O2. The molecule has 1 aromatic carbocycles. The minimum atomic E-state index is -0.0724. The summed E-state index contributed by atoms with van der Waals surface area (Å²) in [4.78, 5) is 14.5. The van der Waals surface area contributed by atoms with Crippen LogP contribution < -0.4 is 15.4 Å². The quantitative estimate of drug-likeness (QED) is 0.857. The third-order valence-electron chi connectivity index (χ3n) is 3.31. The summed E-state index contributed by atoms with van der Waals surface area (Å²) in [6.07, 6.45) is 0.923. The van der Waals surface area contributed by atoms with E-state index in [0.29, 0.717) is 17.9 Å². The zero-order valence-corrected chi connectivity index (χ0v) is 12.4. The number of nitrogens with zero attached hydrogens (tertiary/aromatic N) is 1. The molecule has 2 rings (SSSR count). The molecule has 0 spiro atoms. The lowest BCUT2D eigenvalue weighted by molar-refractivity contribution is 0.0932. The number of carbonyl (C=O) groups is 1. The molecule has 0 aromatic heterocycles. The van der Waals surface area contributed by atoms with Gasteiger partial charge in [0.15, 0.2) is 5.75 Å². The summed E-state index contributed by atoms with van der Waals surface area (Å²) >= 11 is 0. The molecule has 1 heterocycles. The zero-order valence-electron chi connectivity index (χ0n) is 12.4. The number of rotatable bonds is 5. The van der Waals surface area contributed by atoms with Gasteiger partial charge >= 0.3 is 0 Å². The van der Waals surface area contributed by atoms with Crippen molar-refractivity contribution in [2.45, 2.75) is 19.4 Å². The van der Waals surface area contributed by atoms with Crippen molar-refractivity contribution >= 4 is 11.6 Å². The predicted octanol–water partition coefficient (Wildman–Crippen LogP) is 1.56. The van der Waals surface area contributed by atoms with Gasteiger partial charge in [0.2, 0.25) is 0 Å². The van der Waals surface area contributed by atoms with E-state index < -0.39 is 0 Å². The Kier molecular flexibility index (Phi) is 4.84. The number of anilines is 1. The molecule has 1 unspecified atom stereocenters. The van der Waals surface area contributed by atoms with E-state index in [1.54, 1.807) is 6.07 Å². The van der Waals surface area contributed by atoms with Crippen molar-refractivity contribution in [3.05, 3.63) is 23.8 Å². The SMILES string of the molecule is CC(CCN(C)C)NC(=O)c1cccc2c1OCCN2. The average molecular weight is 277 g/mol. The van der Waals surface area contributed by atoms with E-state index in [1.165, 1.54) is 0 Å². The Hall–Kier alpha value is -1.75. The Balaban J connectivity index is 2.02. The second kappa shape index (κ2) is 6.61. The molecule has 0 radical (unpaired) electrons. The topological polar surface area (TPSA) is 53.6 Å². The van der Waals surface area contributed by atoms with Gasteiger partial charge in [0.1, 0.15) is 6.61 Å². The molecular weight excluding hydrogens is 254 g/mol. The molecule has 1 aromatic rings. The molecule has 0 saturated carbocycles. The molecule has 1 aliphatic rings. The monoisotopic (exact) mass is 277 g/mol. The maximum atomic E-state index is 12.3. The Morgan fingerprint density at radius 1 is 1.50 bits per heavy atom. The predicted molar refractivity (Wildman–Crippen MR) is 80.5 cm³/mol. The van der Waals surface area contributed by atoms with Crippen LogP contribution >= 0.6 is 0 Å². The first-order valence-electron chi connectivity index (χ1n) is 7.03. The Morgan fingerprint density at radius 2 is 2.30 bits per heavy atom. The lowest BCUT2D eigenvalue weighted by Crippen LogP contribution is -2.35. The van der Waals surface area contributed by atoms with Gasteiger partial charge in [-0.25, -0.2) is 0 Å². The molecule has 1 amide bonds. The largest absolute Gasteiger partial charge is 0.489 e. The summed E-state index contributed by atoms with van der Waals surface area (Å²) in [5, 5.41) is 6.27. The fourth-order valence-corrected chi connectivity index (χ4v) is 2.17. The van der Waals surface area contributed by atoms with Crippen LogP contribution in [0.2, 0.25) is 0 Å². The molecule has 5 heteroatoms. The second-order valence-corrected chi connectivity index (χ2v) is 5.42. The van der Waals surface area contributed by atoms with Crippen LogP contribution in [-0.4, -0.2) is 50.6 Å². The lowest BCUT2D eigenvalue weighted by atomic mass is 10.1. The van der Waals surface area contributed by atoms with Crippen molar-refractivity contribution in [3.8, 4) is 5.75 Å². The maximum Gasteiger partial charge on any atom is 0.255 e. The van der Waals surface area contributed by atoms with Crippen LogP contribution in [0, 0.1) is 0 Å². The van der Waals surface area contributed by atoms with Crippen LogP contribution in [0.4, 0.5) is 5.69 Å². The highest BCUT2D eigenvalue weighted by Crippen LogP contribution is 2.31. The zero-order chi connectivity index (χ0) is 14.5. The first kappa shape index (κ1) is 14.7. The second-order valence-electron chi connectivity index (χ2n) is 5.42. The third-order valence-corrected chi connectivity index (χ3v) is 3.31. The number of fused-ring (bicyclic) bond motifs is 1. The molecule has 1 aliphatic heterocycles. The molecule has 0 fully saturated rings. The summed E-state index contributed by atoms with van der Waals surface area (Å²) < 4.78 is 5.62. The number of hydrogen-bond donors (Lipinski definition) is 2. The van der Waals surface area contributed by atoms with Crippen LogP contribution in [0.3, 0.4) is 0 Å². The summed E-state index contributed by atoms with van der Waals surface area (Å²) in [5.74, 6) is 0.591.